The predicted molar refractivity (Wildman–Crippen MR) is 90.1 cm³/mol. The van der Waals surface area contributed by atoms with Gasteiger partial charge < -0.3 is 15.2 Å². The van der Waals surface area contributed by atoms with Gasteiger partial charge >= 0.3 is 5.97 Å². The maximum Gasteiger partial charge on any atom is 0.340 e. The number of nitrogens with one attached hydrogen (secondary N) is 1. The van der Waals surface area contributed by atoms with Gasteiger partial charge in [-0.15, -0.1) is 5.10 Å². The topological polar surface area (TPSA) is 90.2 Å². The fraction of sp³-hybridized carbons (Fsp3) is 0.250. The normalized spacial score (nSPS) is 16.6. The average molecular weight is 368 g/mol. The number of carbonyl (C=O) groups is 1. The summed E-state index contributed by atoms with van der Waals surface area (Å²) in [4.78, 5) is 12.5. The summed E-state index contributed by atoms with van der Waals surface area (Å²) >= 11 is 12.4. The number of benzene rings is 1. The number of carbonyl (C=O) groups excluding carboxylic acids is 1. The van der Waals surface area contributed by atoms with Crippen LogP contribution in [0, 0.1) is 6.92 Å². The van der Waals surface area contributed by atoms with Gasteiger partial charge in [-0.25, -0.2) is 4.79 Å². The Balaban J connectivity index is 2.23. The second-order valence-corrected chi connectivity index (χ2v) is 6.11. The second kappa shape index (κ2) is 6.37. The SMILES string of the molecule is CCOC(=O)C1=C(N)Oc2n[nH]c(C)c2[C@@H]1c1ccc(Cl)cc1Cl. The van der Waals surface area contributed by atoms with Gasteiger partial charge in [-0.05, 0) is 31.5 Å². The minimum absolute atomic E-state index is 0.0523. The third-order valence-corrected chi connectivity index (χ3v) is 4.34. The summed E-state index contributed by atoms with van der Waals surface area (Å²) in [5.41, 5.74) is 8.27. The van der Waals surface area contributed by atoms with Gasteiger partial charge in [0.25, 0.3) is 0 Å². The molecule has 0 saturated carbocycles. The van der Waals surface area contributed by atoms with E-state index in [4.69, 9.17) is 38.4 Å². The average Bonchev–Trinajstić information content (AvgIpc) is 2.87. The van der Waals surface area contributed by atoms with Gasteiger partial charge in [0.1, 0.15) is 5.57 Å². The first-order valence-corrected chi connectivity index (χ1v) is 8.04. The summed E-state index contributed by atoms with van der Waals surface area (Å²) < 4.78 is 10.6. The van der Waals surface area contributed by atoms with E-state index in [2.05, 4.69) is 10.2 Å². The summed E-state index contributed by atoms with van der Waals surface area (Å²) in [5, 5.41) is 7.84. The molecule has 1 aliphatic rings. The van der Waals surface area contributed by atoms with Crippen molar-refractivity contribution in [3.05, 3.63) is 56.5 Å². The Labute approximate surface area is 148 Å². The highest BCUT2D eigenvalue weighted by Crippen LogP contribution is 2.45. The van der Waals surface area contributed by atoms with E-state index in [-0.39, 0.29) is 18.1 Å². The van der Waals surface area contributed by atoms with Crippen LogP contribution in [0.15, 0.2) is 29.7 Å². The minimum Gasteiger partial charge on any atom is -0.462 e. The van der Waals surface area contributed by atoms with Crippen molar-refractivity contribution in [2.75, 3.05) is 6.61 Å². The monoisotopic (exact) mass is 367 g/mol. The van der Waals surface area contributed by atoms with Crippen molar-refractivity contribution in [3.63, 3.8) is 0 Å². The lowest BCUT2D eigenvalue weighted by Gasteiger charge is -2.26. The molecular weight excluding hydrogens is 353 g/mol. The van der Waals surface area contributed by atoms with E-state index in [1.54, 1.807) is 25.1 Å². The zero-order chi connectivity index (χ0) is 17.4. The van der Waals surface area contributed by atoms with Gasteiger partial charge in [-0.3, -0.25) is 5.10 Å². The lowest BCUT2D eigenvalue weighted by Crippen LogP contribution is -2.27. The zero-order valence-electron chi connectivity index (χ0n) is 13.0. The number of nitrogens with two attached hydrogens (primary N) is 1. The molecule has 126 valence electrons. The van der Waals surface area contributed by atoms with Crippen molar-refractivity contribution >= 4 is 29.2 Å². The van der Waals surface area contributed by atoms with Crippen molar-refractivity contribution in [3.8, 4) is 5.88 Å². The second-order valence-electron chi connectivity index (χ2n) is 5.27. The molecule has 2 heterocycles. The Bertz CT molecular complexity index is 845. The number of ether oxygens (including phenoxy) is 2. The van der Waals surface area contributed by atoms with Crippen LogP contribution in [0.2, 0.25) is 10.0 Å². The van der Waals surface area contributed by atoms with Gasteiger partial charge in [0.15, 0.2) is 0 Å². The van der Waals surface area contributed by atoms with Crippen LogP contribution in [0.3, 0.4) is 0 Å². The summed E-state index contributed by atoms with van der Waals surface area (Å²) in [5.74, 6) is -0.855. The van der Waals surface area contributed by atoms with Crippen LogP contribution in [0.25, 0.3) is 0 Å². The first kappa shape index (κ1) is 16.7. The number of fused-ring (bicyclic) bond motifs is 1. The highest BCUT2D eigenvalue weighted by Gasteiger charge is 2.39. The van der Waals surface area contributed by atoms with E-state index in [0.29, 0.717) is 27.1 Å². The molecule has 0 spiro atoms. The number of nitrogens with zero attached hydrogens (tertiary/aromatic N) is 1. The zero-order valence-corrected chi connectivity index (χ0v) is 14.5. The highest BCUT2D eigenvalue weighted by molar-refractivity contribution is 6.35. The quantitative estimate of drug-likeness (QED) is 0.812. The van der Waals surface area contributed by atoms with Crippen LogP contribution in [0.4, 0.5) is 0 Å². The van der Waals surface area contributed by atoms with Gasteiger partial charge in [-0.2, -0.15) is 0 Å². The number of aryl methyl sites for hydroxylation is 1. The molecule has 6 nitrogen and oxygen atoms in total. The van der Waals surface area contributed by atoms with Gasteiger partial charge in [0.2, 0.25) is 11.8 Å². The Morgan fingerprint density at radius 2 is 2.21 bits per heavy atom. The van der Waals surface area contributed by atoms with E-state index in [0.717, 1.165) is 5.69 Å². The van der Waals surface area contributed by atoms with Crippen LogP contribution in [-0.4, -0.2) is 22.8 Å². The Morgan fingerprint density at radius 1 is 1.46 bits per heavy atom. The minimum atomic E-state index is -0.559. The molecule has 1 aromatic carbocycles. The van der Waals surface area contributed by atoms with Crippen molar-refractivity contribution in [2.24, 2.45) is 5.73 Å². The number of H-pyrrole nitrogens is 1. The number of aromatic nitrogens is 2. The summed E-state index contributed by atoms with van der Waals surface area (Å²) in [6.45, 7) is 3.77. The smallest absolute Gasteiger partial charge is 0.340 e. The highest BCUT2D eigenvalue weighted by atomic mass is 35.5. The summed E-state index contributed by atoms with van der Waals surface area (Å²) in [6.07, 6.45) is 0. The molecule has 0 bridgehead atoms. The standard InChI is InChI=1S/C16H15Cl2N3O3/c1-3-23-16(22)13-12(9-5-4-8(17)6-10(9)18)11-7(2)20-21-15(11)24-14(13)19/h4-6,12H,3,19H2,1-2H3,(H,20,21)/t12-/m0/s1. The number of rotatable bonds is 3. The van der Waals surface area contributed by atoms with Crippen molar-refractivity contribution in [1.29, 1.82) is 0 Å². The molecule has 3 rings (SSSR count). The summed E-state index contributed by atoms with van der Waals surface area (Å²) in [6, 6.07) is 5.07. The molecule has 3 N–H and O–H groups in total. The predicted octanol–water partition coefficient (Wildman–Crippen LogP) is 3.28. The molecule has 8 heteroatoms. The van der Waals surface area contributed by atoms with Crippen LogP contribution in [0.1, 0.15) is 29.7 Å². The van der Waals surface area contributed by atoms with Crippen molar-refractivity contribution < 1.29 is 14.3 Å². The van der Waals surface area contributed by atoms with E-state index < -0.39 is 11.9 Å². The molecule has 2 aromatic rings. The van der Waals surface area contributed by atoms with Crippen molar-refractivity contribution in [1.82, 2.24) is 10.2 Å². The van der Waals surface area contributed by atoms with E-state index >= 15 is 0 Å². The number of hydrogen-bond donors (Lipinski definition) is 2. The maximum atomic E-state index is 12.5. The summed E-state index contributed by atoms with van der Waals surface area (Å²) in [7, 11) is 0. The molecule has 1 atom stereocenters. The molecule has 1 aromatic heterocycles. The Hall–Kier alpha value is -2.18. The largest absolute Gasteiger partial charge is 0.462 e. The van der Waals surface area contributed by atoms with Crippen LogP contribution >= 0.6 is 23.2 Å². The Kier molecular flexibility index (Phi) is 4.43. The lowest BCUT2D eigenvalue weighted by molar-refractivity contribution is -0.139. The van der Waals surface area contributed by atoms with Crippen LogP contribution in [-0.2, 0) is 9.53 Å². The first-order chi connectivity index (χ1) is 11.4. The number of aromatic amines is 1. The molecule has 0 fully saturated rings. The number of esters is 1. The van der Waals surface area contributed by atoms with E-state index in [1.165, 1.54) is 0 Å². The third kappa shape index (κ3) is 2.72. The van der Waals surface area contributed by atoms with E-state index in [9.17, 15) is 4.79 Å². The van der Waals surface area contributed by atoms with Crippen LogP contribution in [0.5, 0.6) is 5.88 Å². The Morgan fingerprint density at radius 3 is 2.88 bits per heavy atom. The molecular formula is C16H15Cl2N3O3. The maximum absolute atomic E-state index is 12.5. The van der Waals surface area contributed by atoms with Gasteiger partial charge in [0, 0.05) is 21.3 Å². The fourth-order valence-electron chi connectivity index (χ4n) is 2.75. The van der Waals surface area contributed by atoms with Gasteiger partial charge in [0.05, 0.1) is 12.5 Å². The van der Waals surface area contributed by atoms with Crippen molar-refractivity contribution in [2.45, 2.75) is 19.8 Å². The molecule has 24 heavy (non-hydrogen) atoms. The fourth-order valence-corrected chi connectivity index (χ4v) is 3.27. The molecule has 0 radical (unpaired) electrons. The lowest BCUT2D eigenvalue weighted by atomic mass is 9.83. The number of hydrogen-bond acceptors (Lipinski definition) is 5. The molecule has 0 saturated heterocycles. The van der Waals surface area contributed by atoms with Crippen LogP contribution < -0.4 is 10.5 Å². The molecule has 0 unspecified atom stereocenters. The van der Waals surface area contributed by atoms with Gasteiger partial charge in [-0.1, -0.05) is 29.3 Å². The molecule has 0 amide bonds. The molecule has 1 aliphatic heterocycles. The third-order valence-electron chi connectivity index (χ3n) is 3.78. The van der Waals surface area contributed by atoms with E-state index in [1.807, 2.05) is 6.92 Å². The number of halogens is 2. The molecule has 0 aliphatic carbocycles. The first-order valence-electron chi connectivity index (χ1n) is 7.28.